The first-order chi connectivity index (χ1) is 15.1. The second-order valence-corrected chi connectivity index (χ2v) is 7.85. The smallest absolute Gasteiger partial charge is 0.408 e. The molecule has 172 valence electrons. The van der Waals surface area contributed by atoms with Gasteiger partial charge in [0.25, 0.3) is 5.91 Å². The molecule has 2 aromatic carbocycles. The van der Waals surface area contributed by atoms with E-state index in [1.807, 2.05) is 0 Å². The molecule has 0 spiro atoms. The highest BCUT2D eigenvalue weighted by molar-refractivity contribution is 5.95. The SMILES string of the molecule is COc1ccc(C(=O)NCc2ccc(NC(=O)CNC(=O)OC(C)(C)C)cc2)cc1OC. The van der Waals surface area contributed by atoms with Crippen molar-refractivity contribution in [2.75, 3.05) is 26.1 Å². The number of ether oxygens (including phenoxy) is 3. The first-order valence-electron chi connectivity index (χ1n) is 9.97. The number of benzene rings is 2. The maximum Gasteiger partial charge on any atom is 0.408 e. The van der Waals surface area contributed by atoms with Gasteiger partial charge in [0, 0.05) is 17.8 Å². The van der Waals surface area contributed by atoms with Crippen molar-refractivity contribution in [3.05, 3.63) is 53.6 Å². The number of anilines is 1. The lowest BCUT2D eigenvalue weighted by molar-refractivity contribution is -0.115. The maximum absolute atomic E-state index is 12.4. The van der Waals surface area contributed by atoms with Gasteiger partial charge in [-0.15, -0.1) is 0 Å². The minimum Gasteiger partial charge on any atom is -0.493 e. The van der Waals surface area contributed by atoms with E-state index in [4.69, 9.17) is 14.2 Å². The Morgan fingerprint density at radius 1 is 0.875 bits per heavy atom. The van der Waals surface area contributed by atoms with Crippen molar-refractivity contribution in [1.82, 2.24) is 10.6 Å². The average Bonchev–Trinajstić information content (AvgIpc) is 2.75. The lowest BCUT2D eigenvalue weighted by atomic mass is 10.1. The van der Waals surface area contributed by atoms with E-state index >= 15 is 0 Å². The van der Waals surface area contributed by atoms with Crippen LogP contribution in [0.2, 0.25) is 0 Å². The van der Waals surface area contributed by atoms with Gasteiger partial charge in [0.15, 0.2) is 11.5 Å². The zero-order valence-electron chi connectivity index (χ0n) is 18.9. The van der Waals surface area contributed by atoms with Gasteiger partial charge in [-0.1, -0.05) is 12.1 Å². The van der Waals surface area contributed by atoms with E-state index in [1.165, 1.54) is 14.2 Å². The number of methoxy groups -OCH3 is 2. The summed E-state index contributed by atoms with van der Waals surface area (Å²) in [5.41, 5.74) is 1.23. The van der Waals surface area contributed by atoms with Gasteiger partial charge < -0.3 is 30.2 Å². The van der Waals surface area contributed by atoms with Crippen LogP contribution in [-0.4, -0.2) is 44.3 Å². The normalized spacial score (nSPS) is 10.7. The van der Waals surface area contributed by atoms with E-state index in [0.29, 0.717) is 29.3 Å². The van der Waals surface area contributed by atoms with Crippen LogP contribution in [0.25, 0.3) is 0 Å². The Bertz CT molecular complexity index is 951. The van der Waals surface area contributed by atoms with E-state index in [-0.39, 0.29) is 18.4 Å². The van der Waals surface area contributed by atoms with E-state index in [0.717, 1.165) is 5.56 Å². The fourth-order valence-electron chi connectivity index (χ4n) is 2.64. The van der Waals surface area contributed by atoms with Crippen molar-refractivity contribution in [1.29, 1.82) is 0 Å². The third-order valence-corrected chi connectivity index (χ3v) is 4.13. The van der Waals surface area contributed by atoms with Gasteiger partial charge in [-0.3, -0.25) is 9.59 Å². The fourth-order valence-corrected chi connectivity index (χ4v) is 2.64. The first-order valence-corrected chi connectivity index (χ1v) is 9.97. The largest absolute Gasteiger partial charge is 0.493 e. The third kappa shape index (κ3) is 7.82. The summed E-state index contributed by atoms with van der Waals surface area (Å²) in [5, 5.41) is 7.91. The third-order valence-electron chi connectivity index (χ3n) is 4.13. The summed E-state index contributed by atoms with van der Waals surface area (Å²) in [7, 11) is 3.04. The summed E-state index contributed by atoms with van der Waals surface area (Å²) in [6.07, 6.45) is -0.659. The molecule has 3 amide bonds. The van der Waals surface area contributed by atoms with E-state index in [1.54, 1.807) is 63.2 Å². The first kappa shape index (κ1) is 24.5. The second-order valence-electron chi connectivity index (χ2n) is 7.85. The molecule has 0 saturated heterocycles. The number of amides is 3. The van der Waals surface area contributed by atoms with Crippen LogP contribution >= 0.6 is 0 Å². The van der Waals surface area contributed by atoms with Crippen LogP contribution in [0.4, 0.5) is 10.5 Å². The Morgan fingerprint density at radius 2 is 1.53 bits per heavy atom. The number of carbonyl (C=O) groups excluding carboxylic acids is 3. The van der Waals surface area contributed by atoms with Gasteiger partial charge in [-0.05, 0) is 56.7 Å². The van der Waals surface area contributed by atoms with E-state index < -0.39 is 11.7 Å². The fraction of sp³-hybridized carbons (Fsp3) is 0.348. The molecular formula is C23H29N3O6. The number of nitrogens with one attached hydrogen (secondary N) is 3. The number of hydrogen-bond donors (Lipinski definition) is 3. The Kier molecular flexibility index (Phi) is 8.46. The summed E-state index contributed by atoms with van der Waals surface area (Å²) >= 11 is 0. The van der Waals surface area contributed by atoms with Gasteiger partial charge in [-0.2, -0.15) is 0 Å². The Balaban J connectivity index is 1.83. The Hall–Kier alpha value is -3.75. The van der Waals surface area contributed by atoms with Crippen LogP contribution in [0.1, 0.15) is 36.7 Å². The number of alkyl carbamates (subject to hydrolysis) is 1. The maximum atomic E-state index is 12.4. The summed E-state index contributed by atoms with van der Waals surface area (Å²) in [6.45, 7) is 5.32. The van der Waals surface area contributed by atoms with Crippen molar-refractivity contribution in [3.63, 3.8) is 0 Å². The Labute approximate surface area is 187 Å². The molecule has 0 radical (unpaired) electrons. The van der Waals surface area contributed by atoms with Crippen LogP contribution in [0.3, 0.4) is 0 Å². The highest BCUT2D eigenvalue weighted by Crippen LogP contribution is 2.27. The molecule has 9 heteroatoms. The predicted octanol–water partition coefficient (Wildman–Crippen LogP) is 3.10. The average molecular weight is 444 g/mol. The van der Waals surface area contributed by atoms with Gasteiger partial charge in [0.2, 0.25) is 5.91 Å². The minimum atomic E-state index is -0.659. The standard InChI is InChI=1S/C23H29N3O6/c1-23(2,3)32-22(29)25-14-20(27)26-17-9-6-15(7-10-17)13-24-21(28)16-8-11-18(30-4)19(12-16)31-5/h6-12H,13-14H2,1-5H3,(H,24,28)(H,25,29)(H,26,27). The molecule has 32 heavy (non-hydrogen) atoms. The van der Waals surface area contributed by atoms with Crippen molar-refractivity contribution < 1.29 is 28.6 Å². The van der Waals surface area contributed by atoms with Gasteiger partial charge in [0.05, 0.1) is 14.2 Å². The van der Waals surface area contributed by atoms with Crippen LogP contribution in [0.15, 0.2) is 42.5 Å². The molecule has 0 aliphatic heterocycles. The van der Waals surface area contributed by atoms with Crippen molar-refractivity contribution in [3.8, 4) is 11.5 Å². The molecule has 0 fully saturated rings. The summed E-state index contributed by atoms with van der Waals surface area (Å²) < 4.78 is 15.5. The highest BCUT2D eigenvalue weighted by atomic mass is 16.6. The molecule has 0 aromatic heterocycles. The quantitative estimate of drug-likeness (QED) is 0.578. The van der Waals surface area contributed by atoms with E-state index in [2.05, 4.69) is 16.0 Å². The van der Waals surface area contributed by atoms with Crippen LogP contribution in [0, 0.1) is 0 Å². The van der Waals surface area contributed by atoms with Crippen LogP contribution in [0.5, 0.6) is 11.5 Å². The number of rotatable bonds is 8. The topological polar surface area (TPSA) is 115 Å². The van der Waals surface area contributed by atoms with Crippen LogP contribution < -0.4 is 25.4 Å². The van der Waals surface area contributed by atoms with Crippen molar-refractivity contribution >= 4 is 23.6 Å². The zero-order chi connectivity index (χ0) is 23.7. The lowest BCUT2D eigenvalue weighted by Gasteiger charge is -2.19. The van der Waals surface area contributed by atoms with E-state index in [9.17, 15) is 14.4 Å². The summed E-state index contributed by atoms with van der Waals surface area (Å²) in [6, 6.07) is 11.9. The van der Waals surface area contributed by atoms with Crippen LogP contribution in [-0.2, 0) is 16.1 Å². The number of carbonyl (C=O) groups is 3. The summed E-state index contributed by atoms with van der Waals surface area (Å²) in [4.78, 5) is 36.0. The molecule has 0 unspecified atom stereocenters. The minimum absolute atomic E-state index is 0.210. The monoisotopic (exact) mass is 443 g/mol. The molecular weight excluding hydrogens is 414 g/mol. The molecule has 0 bridgehead atoms. The predicted molar refractivity (Wildman–Crippen MR) is 120 cm³/mol. The molecule has 9 nitrogen and oxygen atoms in total. The Morgan fingerprint density at radius 3 is 2.12 bits per heavy atom. The molecule has 0 aliphatic rings. The molecule has 2 rings (SSSR count). The second kappa shape index (κ2) is 11.0. The molecule has 0 saturated carbocycles. The molecule has 0 heterocycles. The van der Waals surface area contributed by atoms with Gasteiger partial charge in [0.1, 0.15) is 12.1 Å². The lowest BCUT2D eigenvalue weighted by Crippen LogP contribution is -2.37. The highest BCUT2D eigenvalue weighted by Gasteiger charge is 2.16. The molecule has 2 aromatic rings. The van der Waals surface area contributed by atoms with Gasteiger partial charge in [-0.25, -0.2) is 4.79 Å². The van der Waals surface area contributed by atoms with Gasteiger partial charge >= 0.3 is 6.09 Å². The number of hydrogen-bond acceptors (Lipinski definition) is 6. The molecule has 0 aliphatic carbocycles. The zero-order valence-corrected chi connectivity index (χ0v) is 18.9. The van der Waals surface area contributed by atoms with Crippen molar-refractivity contribution in [2.45, 2.75) is 32.9 Å². The molecule has 0 atom stereocenters. The molecule has 3 N–H and O–H groups in total. The van der Waals surface area contributed by atoms with Crippen molar-refractivity contribution in [2.24, 2.45) is 0 Å². The summed E-state index contributed by atoms with van der Waals surface area (Å²) in [5.74, 6) is 0.381.